The molecule has 0 amide bonds. The normalized spacial score (nSPS) is 20.9. The summed E-state index contributed by atoms with van der Waals surface area (Å²) < 4.78 is 16.6. The van der Waals surface area contributed by atoms with Crippen LogP contribution in [0.15, 0.2) is 36.8 Å². The summed E-state index contributed by atoms with van der Waals surface area (Å²) in [6.45, 7) is 3.38. The molecule has 5 rings (SSSR count). The summed E-state index contributed by atoms with van der Waals surface area (Å²) in [6.07, 6.45) is 8.49. The number of anilines is 2. The predicted molar refractivity (Wildman–Crippen MR) is 122 cm³/mol. The Morgan fingerprint density at radius 3 is 2.64 bits per heavy atom. The number of nitrogens with one attached hydrogen (secondary N) is 1. The molecule has 172 valence electrons. The van der Waals surface area contributed by atoms with Crippen LogP contribution < -0.4 is 19.7 Å². The second kappa shape index (κ2) is 9.95. The zero-order chi connectivity index (χ0) is 22.5. The number of pyridine rings is 2. The molecule has 0 unspecified atom stereocenters. The van der Waals surface area contributed by atoms with Crippen LogP contribution in [0.2, 0.25) is 0 Å². The maximum Gasteiger partial charge on any atom is 0.298 e. The van der Waals surface area contributed by atoms with Gasteiger partial charge in [-0.25, -0.2) is 9.97 Å². The molecule has 2 fully saturated rings. The Morgan fingerprint density at radius 1 is 1.09 bits per heavy atom. The summed E-state index contributed by atoms with van der Waals surface area (Å²) in [7, 11) is 0. The minimum absolute atomic E-state index is 0.0863. The van der Waals surface area contributed by atoms with Gasteiger partial charge < -0.3 is 24.4 Å². The first-order chi connectivity index (χ1) is 16.3. The number of rotatable bonds is 7. The lowest BCUT2D eigenvalue weighted by molar-refractivity contribution is -0.120. The fourth-order valence-electron chi connectivity index (χ4n) is 4.25. The second-order valence-corrected chi connectivity index (χ2v) is 8.15. The van der Waals surface area contributed by atoms with Crippen LogP contribution in [-0.2, 0) is 9.53 Å². The van der Waals surface area contributed by atoms with E-state index in [-0.39, 0.29) is 12.1 Å². The van der Waals surface area contributed by atoms with E-state index in [4.69, 9.17) is 19.2 Å². The monoisotopic (exact) mass is 450 g/mol. The summed E-state index contributed by atoms with van der Waals surface area (Å²) in [5.41, 5.74) is 0.887. The van der Waals surface area contributed by atoms with Crippen molar-refractivity contribution in [3.05, 3.63) is 36.8 Å². The summed E-state index contributed by atoms with van der Waals surface area (Å²) in [4.78, 5) is 30.4. The molecule has 1 saturated heterocycles. The molecule has 3 aromatic heterocycles. The van der Waals surface area contributed by atoms with Gasteiger partial charge in [0.05, 0.1) is 36.5 Å². The van der Waals surface area contributed by atoms with Crippen LogP contribution in [0.1, 0.15) is 25.7 Å². The topological polar surface area (TPSA) is 112 Å². The number of ether oxygens (including phenoxy) is 3. The van der Waals surface area contributed by atoms with Gasteiger partial charge in [0.25, 0.3) is 6.47 Å². The van der Waals surface area contributed by atoms with E-state index >= 15 is 0 Å². The summed E-state index contributed by atoms with van der Waals surface area (Å²) in [5, 5.41) is 4.28. The number of hydrogen-bond acceptors (Lipinski definition) is 10. The molecule has 0 radical (unpaired) electrons. The third-order valence-electron chi connectivity index (χ3n) is 5.98. The van der Waals surface area contributed by atoms with Crippen LogP contribution >= 0.6 is 0 Å². The van der Waals surface area contributed by atoms with Gasteiger partial charge in [-0.1, -0.05) is 0 Å². The van der Waals surface area contributed by atoms with E-state index in [2.05, 4.69) is 25.2 Å². The molecule has 1 aliphatic carbocycles. The lowest BCUT2D eigenvalue weighted by atomic mass is 9.93. The van der Waals surface area contributed by atoms with E-state index in [1.807, 2.05) is 18.2 Å². The van der Waals surface area contributed by atoms with Gasteiger partial charge in [-0.2, -0.15) is 4.98 Å². The summed E-state index contributed by atoms with van der Waals surface area (Å²) >= 11 is 0. The standard InChI is InChI=1S/C23H26N6O4/c30-15-32-18-13-25-23(26-14-18)27-16-3-5-17(6-4-16)33-22-19-2-1-7-24-20(19)12-21(28-22)29-8-10-31-11-9-29/h1-2,7,12-17H,3-6,8-11H2,(H,25,26,27). The largest absolute Gasteiger partial charge is 0.474 e. The fraction of sp³-hybridized carbons (Fsp3) is 0.435. The lowest BCUT2D eigenvalue weighted by Gasteiger charge is -2.31. The van der Waals surface area contributed by atoms with Crippen molar-refractivity contribution >= 4 is 29.1 Å². The van der Waals surface area contributed by atoms with Gasteiger partial charge >= 0.3 is 0 Å². The van der Waals surface area contributed by atoms with Crippen LogP contribution in [0.25, 0.3) is 10.9 Å². The third kappa shape index (κ3) is 5.11. The number of hydrogen-bond donors (Lipinski definition) is 1. The molecule has 1 aliphatic heterocycles. The van der Waals surface area contributed by atoms with Crippen LogP contribution in [0.5, 0.6) is 11.6 Å². The van der Waals surface area contributed by atoms with Crippen molar-refractivity contribution in [3.8, 4) is 11.6 Å². The SMILES string of the molecule is O=COc1cnc(NC2CCC(Oc3nc(N4CCOCC4)cc4ncccc34)CC2)nc1. The van der Waals surface area contributed by atoms with Gasteiger partial charge in [-0.05, 0) is 37.8 Å². The van der Waals surface area contributed by atoms with Gasteiger partial charge in [-0.15, -0.1) is 0 Å². The third-order valence-corrected chi connectivity index (χ3v) is 5.98. The highest BCUT2D eigenvalue weighted by atomic mass is 16.5. The van der Waals surface area contributed by atoms with Crippen molar-refractivity contribution in [1.29, 1.82) is 0 Å². The summed E-state index contributed by atoms with van der Waals surface area (Å²) in [5.74, 6) is 2.37. The molecule has 1 saturated carbocycles. The van der Waals surface area contributed by atoms with E-state index in [1.165, 1.54) is 12.4 Å². The first-order valence-corrected chi connectivity index (χ1v) is 11.2. The molecule has 0 bridgehead atoms. The number of carbonyl (C=O) groups is 1. The Morgan fingerprint density at radius 2 is 1.88 bits per heavy atom. The smallest absolute Gasteiger partial charge is 0.298 e. The Kier molecular flexibility index (Phi) is 6.43. The second-order valence-electron chi connectivity index (χ2n) is 8.15. The molecule has 1 N–H and O–H groups in total. The highest BCUT2D eigenvalue weighted by Crippen LogP contribution is 2.31. The van der Waals surface area contributed by atoms with Crippen molar-refractivity contribution in [1.82, 2.24) is 19.9 Å². The molecule has 4 heterocycles. The highest BCUT2D eigenvalue weighted by Gasteiger charge is 2.25. The molecule has 33 heavy (non-hydrogen) atoms. The lowest BCUT2D eigenvalue weighted by Crippen LogP contribution is -2.37. The number of nitrogens with zero attached hydrogens (tertiary/aromatic N) is 5. The van der Waals surface area contributed by atoms with Crippen molar-refractivity contribution < 1.29 is 19.0 Å². The predicted octanol–water partition coefficient (Wildman–Crippen LogP) is 2.59. The zero-order valence-corrected chi connectivity index (χ0v) is 18.2. The van der Waals surface area contributed by atoms with Crippen molar-refractivity contribution in [2.75, 3.05) is 36.5 Å². The van der Waals surface area contributed by atoms with E-state index < -0.39 is 0 Å². The number of aromatic nitrogens is 4. The summed E-state index contributed by atoms with van der Waals surface area (Å²) in [6, 6.07) is 6.21. The fourth-order valence-corrected chi connectivity index (χ4v) is 4.25. The zero-order valence-electron chi connectivity index (χ0n) is 18.2. The van der Waals surface area contributed by atoms with Gasteiger partial charge in [0, 0.05) is 31.4 Å². The van der Waals surface area contributed by atoms with Crippen LogP contribution in [0.4, 0.5) is 11.8 Å². The molecule has 0 spiro atoms. The highest BCUT2D eigenvalue weighted by molar-refractivity contribution is 5.85. The minimum atomic E-state index is 0.0863. The Hall–Kier alpha value is -3.53. The number of fused-ring (bicyclic) bond motifs is 1. The Bertz CT molecular complexity index is 1080. The van der Waals surface area contributed by atoms with Crippen LogP contribution in [0, 0.1) is 0 Å². The van der Waals surface area contributed by atoms with E-state index in [0.29, 0.717) is 37.3 Å². The van der Waals surface area contributed by atoms with Crippen molar-refractivity contribution in [3.63, 3.8) is 0 Å². The molecular formula is C23H26N6O4. The van der Waals surface area contributed by atoms with E-state index in [0.717, 1.165) is 55.5 Å². The number of morpholine rings is 1. The van der Waals surface area contributed by atoms with Crippen LogP contribution in [-0.4, -0.2) is 64.9 Å². The number of carbonyl (C=O) groups excluding carboxylic acids is 1. The Labute approximate surface area is 191 Å². The molecule has 0 atom stereocenters. The maximum atomic E-state index is 10.4. The molecule has 10 heteroatoms. The molecule has 3 aromatic rings. The average molecular weight is 450 g/mol. The maximum absolute atomic E-state index is 10.4. The molecule has 10 nitrogen and oxygen atoms in total. The van der Waals surface area contributed by atoms with Gasteiger partial charge in [0.1, 0.15) is 11.9 Å². The van der Waals surface area contributed by atoms with Gasteiger partial charge in [-0.3, -0.25) is 9.78 Å². The van der Waals surface area contributed by atoms with Crippen LogP contribution in [0.3, 0.4) is 0 Å². The van der Waals surface area contributed by atoms with E-state index in [1.54, 1.807) is 6.20 Å². The average Bonchev–Trinajstić information content (AvgIpc) is 2.87. The molecular weight excluding hydrogens is 424 g/mol. The first kappa shape index (κ1) is 21.3. The first-order valence-electron chi connectivity index (χ1n) is 11.2. The Balaban J connectivity index is 1.23. The van der Waals surface area contributed by atoms with Gasteiger partial charge in [0.2, 0.25) is 11.8 Å². The molecule has 0 aromatic carbocycles. The van der Waals surface area contributed by atoms with Crippen molar-refractivity contribution in [2.45, 2.75) is 37.8 Å². The minimum Gasteiger partial charge on any atom is -0.474 e. The van der Waals surface area contributed by atoms with Crippen molar-refractivity contribution in [2.24, 2.45) is 0 Å². The molecule has 2 aliphatic rings. The van der Waals surface area contributed by atoms with Gasteiger partial charge in [0.15, 0.2) is 5.75 Å². The quantitative estimate of drug-likeness (QED) is 0.539. The van der Waals surface area contributed by atoms with E-state index in [9.17, 15) is 4.79 Å².